The lowest BCUT2D eigenvalue weighted by Gasteiger charge is -2.22. The summed E-state index contributed by atoms with van der Waals surface area (Å²) in [5.41, 5.74) is 2.79. The van der Waals surface area contributed by atoms with E-state index in [1.807, 2.05) is 19.1 Å². The number of thiazole rings is 1. The lowest BCUT2D eigenvalue weighted by molar-refractivity contribution is -0.132. The Morgan fingerprint density at radius 3 is 2.54 bits per heavy atom. The van der Waals surface area contributed by atoms with Crippen LogP contribution in [-0.2, 0) is 14.3 Å². The van der Waals surface area contributed by atoms with Crippen molar-refractivity contribution in [3.63, 3.8) is 0 Å². The van der Waals surface area contributed by atoms with E-state index in [4.69, 9.17) is 4.74 Å². The molecular weight excluding hydrogens is 520 g/mol. The van der Waals surface area contributed by atoms with Crippen LogP contribution in [-0.4, -0.2) is 48.8 Å². The molecule has 4 aromatic rings. The van der Waals surface area contributed by atoms with E-state index in [1.54, 1.807) is 36.6 Å². The molecule has 39 heavy (non-hydrogen) atoms. The molecule has 1 aliphatic heterocycles. The Balaban J connectivity index is 1.71. The topological polar surface area (TPSA) is 134 Å². The number of benzene rings is 1. The lowest BCUT2D eigenvalue weighted by Crippen LogP contribution is -2.29. The molecule has 1 atom stereocenters. The van der Waals surface area contributed by atoms with Crippen LogP contribution in [0.4, 0.5) is 5.13 Å². The fourth-order valence-electron chi connectivity index (χ4n) is 4.55. The van der Waals surface area contributed by atoms with Gasteiger partial charge < -0.3 is 19.4 Å². The number of pyridine rings is 1. The predicted molar refractivity (Wildman–Crippen MR) is 145 cm³/mol. The number of nitrogens with zero attached hydrogens (tertiary/aromatic N) is 4. The normalized spacial score (nSPS) is 16.7. The van der Waals surface area contributed by atoms with E-state index in [1.165, 1.54) is 18.2 Å². The van der Waals surface area contributed by atoms with Crippen molar-refractivity contribution in [1.29, 1.82) is 0 Å². The number of anilines is 1. The molecule has 1 aliphatic rings. The minimum absolute atomic E-state index is 0.00136. The molecule has 4 heterocycles. The van der Waals surface area contributed by atoms with Crippen molar-refractivity contribution < 1.29 is 29.3 Å². The SMILES string of the molecule is C=CCOC(=O)c1sc(N2C(=O)C(=O)/C(=C(/O)c3nc4c(C)cccn4c3C)C2c2ccc(O)cc2)nc1C. The molecule has 0 aliphatic carbocycles. The highest BCUT2D eigenvalue weighted by Gasteiger charge is 2.49. The van der Waals surface area contributed by atoms with Crippen molar-refractivity contribution in [2.24, 2.45) is 0 Å². The average Bonchev–Trinajstić information content (AvgIpc) is 3.55. The number of Topliss-reactive ketones (excluding diaryl/α,β-unsaturated/α-hetero) is 1. The van der Waals surface area contributed by atoms with Crippen LogP contribution in [0.25, 0.3) is 11.4 Å². The number of aryl methyl sites for hydroxylation is 3. The van der Waals surface area contributed by atoms with Gasteiger partial charge in [0.2, 0.25) is 0 Å². The number of amides is 1. The van der Waals surface area contributed by atoms with Crippen LogP contribution >= 0.6 is 11.3 Å². The number of imidazole rings is 1. The summed E-state index contributed by atoms with van der Waals surface area (Å²) >= 11 is 0.901. The molecule has 11 heteroatoms. The fourth-order valence-corrected chi connectivity index (χ4v) is 5.54. The zero-order valence-electron chi connectivity index (χ0n) is 21.3. The zero-order chi connectivity index (χ0) is 28.0. The first kappa shape index (κ1) is 25.9. The van der Waals surface area contributed by atoms with Crippen molar-refractivity contribution >= 4 is 45.5 Å². The summed E-state index contributed by atoms with van der Waals surface area (Å²) in [6.07, 6.45) is 3.23. The molecule has 1 unspecified atom stereocenters. The van der Waals surface area contributed by atoms with E-state index in [-0.39, 0.29) is 33.6 Å². The molecule has 1 aromatic carbocycles. The molecule has 5 rings (SSSR count). The Kier molecular flexibility index (Phi) is 6.52. The highest BCUT2D eigenvalue weighted by atomic mass is 32.1. The quantitative estimate of drug-likeness (QED) is 0.120. The van der Waals surface area contributed by atoms with E-state index in [0.29, 0.717) is 22.6 Å². The number of ketones is 1. The number of hydrogen-bond acceptors (Lipinski definition) is 9. The van der Waals surface area contributed by atoms with Crippen LogP contribution in [0.5, 0.6) is 5.75 Å². The number of phenols is 1. The number of aliphatic hydroxyl groups excluding tert-OH is 1. The summed E-state index contributed by atoms with van der Waals surface area (Å²) in [4.78, 5) is 49.8. The molecule has 3 aromatic heterocycles. The van der Waals surface area contributed by atoms with Crippen LogP contribution in [0.2, 0.25) is 0 Å². The Hall–Kier alpha value is -4.77. The number of rotatable bonds is 6. The highest BCUT2D eigenvalue weighted by Crippen LogP contribution is 2.44. The second-order valence-corrected chi connectivity index (χ2v) is 9.97. The Morgan fingerprint density at radius 1 is 1.15 bits per heavy atom. The van der Waals surface area contributed by atoms with Gasteiger partial charge in [0, 0.05) is 6.20 Å². The Bertz CT molecular complexity index is 1700. The molecule has 0 spiro atoms. The third kappa shape index (κ3) is 4.26. The third-order valence-electron chi connectivity index (χ3n) is 6.47. The maximum atomic E-state index is 13.5. The van der Waals surface area contributed by atoms with Crippen LogP contribution in [0.1, 0.15) is 43.9 Å². The van der Waals surface area contributed by atoms with Gasteiger partial charge in [-0.2, -0.15) is 0 Å². The van der Waals surface area contributed by atoms with Gasteiger partial charge in [-0.3, -0.25) is 14.5 Å². The molecule has 0 saturated carbocycles. The average molecular weight is 545 g/mol. The van der Waals surface area contributed by atoms with Gasteiger partial charge in [-0.25, -0.2) is 14.8 Å². The van der Waals surface area contributed by atoms with E-state index in [9.17, 15) is 24.6 Å². The minimum Gasteiger partial charge on any atom is -0.508 e. The summed E-state index contributed by atoms with van der Waals surface area (Å²) in [7, 11) is 0. The summed E-state index contributed by atoms with van der Waals surface area (Å²) in [6.45, 7) is 8.76. The van der Waals surface area contributed by atoms with E-state index in [2.05, 4.69) is 16.5 Å². The van der Waals surface area contributed by atoms with Crippen LogP contribution < -0.4 is 4.90 Å². The van der Waals surface area contributed by atoms with Crippen LogP contribution in [0, 0.1) is 20.8 Å². The van der Waals surface area contributed by atoms with Crippen molar-refractivity contribution in [3.8, 4) is 5.75 Å². The van der Waals surface area contributed by atoms with Gasteiger partial charge in [-0.05, 0) is 50.1 Å². The van der Waals surface area contributed by atoms with Crippen LogP contribution in [0.3, 0.4) is 0 Å². The first-order chi connectivity index (χ1) is 18.6. The molecule has 10 nitrogen and oxygen atoms in total. The number of hydrogen-bond donors (Lipinski definition) is 2. The molecule has 0 bridgehead atoms. The second-order valence-electron chi connectivity index (χ2n) is 8.99. The smallest absolute Gasteiger partial charge is 0.350 e. The van der Waals surface area contributed by atoms with Crippen molar-refractivity contribution in [2.45, 2.75) is 26.8 Å². The summed E-state index contributed by atoms with van der Waals surface area (Å²) in [5, 5.41) is 21.5. The van der Waals surface area contributed by atoms with E-state index >= 15 is 0 Å². The monoisotopic (exact) mass is 544 g/mol. The van der Waals surface area contributed by atoms with Gasteiger partial charge in [0.1, 0.15) is 28.6 Å². The fraction of sp³-hybridized carbons (Fsp3) is 0.179. The van der Waals surface area contributed by atoms with Gasteiger partial charge >= 0.3 is 11.9 Å². The van der Waals surface area contributed by atoms with Crippen LogP contribution in [0.15, 0.2) is 60.8 Å². The number of aromatic hydroxyl groups is 1. The number of aromatic nitrogens is 3. The molecule has 0 radical (unpaired) electrons. The zero-order valence-corrected chi connectivity index (χ0v) is 22.2. The molecule has 2 N–H and O–H groups in total. The highest BCUT2D eigenvalue weighted by molar-refractivity contribution is 7.17. The minimum atomic E-state index is -1.10. The first-order valence-corrected chi connectivity index (χ1v) is 12.8. The number of phenolic OH excluding ortho intramolecular Hbond substituents is 1. The number of fused-ring (bicyclic) bond motifs is 1. The first-order valence-electron chi connectivity index (χ1n) is 11.9. The molecule has 198 valence electrons. The van der Waals surface area contributed by atoms with E-state index < -0.39 is 29.5 Å². The predicted octanol–water partition coefficient (Wildman–Crippen LogP) is 4.39. The van der Waals surface area contributed by atoms with Gasteiger partial charge in [0.15, 0.2) is 10.9 Å². The Labute approximate surface area is 227 Å². The number of esters is 1. The summed E-state index contributed by atoms with van der Waals surface area (Å²) in [5.74, 6) is -2.94. The van der Waals surface area contributed by atoms with E-state index in [0.717, 1.165) is 21.8 Å². The molecule has 1 fully saturated rings. The maximum absolute atomic E-state index is 13.5. The summed E-state index contributed by atoms with van der Waals surface area (Å²) in [6, 6.07) is 8.56. The van der Waals surface area contributed by atoms with Crippen molar-refractivity contribution in [3.05, 3.63) is 93.9 Å². The summed E-state index contributed by atoms with van der Waals surface area (Å²) < 4.78 is 6.92. The van der Waals surface area contributed by atoms with Gasteiger partial charge in [-0.15, -0.1) is 0 Å². The van der Waals surface area contributed by atoms with Gasteiger partial charge in [-0.1, -0.05) is 42.2 Å². The van der Waals surface area contributed by atoms with Gasteiger partial charge in [0.05, 0.1) is 23.0 Å². The number of carbonyl (C=O) groups is 3. The standard InChI is InChI=1S/C28H24N4O6S/c1-5-13-38-27(37)24-15(3)29-28(39-24)32-21(17-8-10-18(33)11-9-17)19(23(35)26(32)36)22(34)20-16(4)31-12-6-7-14(2)25(31)30-20/h5-12,21,33-34H,1,13H2,2-4H3/b22-19+. The second kappa shape index (κ2) is 9.84. The molecular formula is C28H24N4O6S. The third-order valence-corrected chi connectivity index (χ3v) is 7.61. The maximum Gasteiger partial charge on any atom is 0.350 e. The number of carbonyl (C=O) groups excluding carboxylic acids is 3. The molecule has 1 saturated heterocycles. The van der Waals surface area contributed by atoms with Crippen molar-refractivity contribution in [1.82, 2.24) is 14.4 Å². The Morgan fingerprint density at radius 2 is 1.87 bits per heavy atom. The lowest BCUT2D eigenvalue weighted by atomic mass is 9.96. The van der Waals surface area contributed by atoms with Crippen molar-refractivity contribution in [2.75, 3.05) is 11.5 Å². The number of ether oxygens (including phenoxy) is 1. The molecule has 1 amide bonds. The largest absolute Gasteiger partial charge is 0.508 e. The van der Waals surface area contributed by atoms with Gasteiger partial charge in [0.25, 0.3) is 5.78 Å². The number of aliphatic hydroxyl groups is 1.